The Morgan fingerprint density at radius 1 is 1.00 bits per heavy atom. The number of hydrogen-bond donors (Lipinski definition) is 0. The average molecular weight is 310 g/mol. The minimum atomic E-state index is 0.0548. The van der Waals surface area contributed by atoms with E-state index in [9.17, 15) is 4.79 Å². The highest BCUT2D eigenvalue weighted by molar-refractivity contribution is 5.78. The van der Waals surface area contributed by atoms with E-state index in [2.05, 4.69) is 17.0 Å². The minimum Gasteiger partial charge on any atom is -0.484 e. The summed E-state index contributed by atoms with van der Waals surface area (Å²) in [6.07, 6.45) is 0. The molecule has 1 fully saturated rings. The van der Waals surface area contributed by atoms with Gasteiger partial charge in [0.2, 0.25) is 0 Å². The maximum absolute atomic E-state index is 12.3. The predicted octanol–water partition coefficient (Wildman–Crippen LogP) is 2.72. The zero-order valence-electron chi connectivity index (χ0n) is 13.4. The van der Waals surface area contributed by atoms with Crippen molar-refractivity contribution in [3.63, 3.8) is 0 Å². The number of hydrogen-bond acceptors (Lipinski definition) is 3. The highest BCUT2D eigenvalue weighted by Crippen LogP contribution is 2.16. The fourth-order valence-electron chi connectivity index (χ4n) is 2.79. The lowest BCUT2D eigenvalue weighted by atomic mass is 10.2. The minimum absolute atomic E-state index is 0.0548. The van der Waals surface area contributed by atoms with Crippen LogP contribution >= 0.6 is 0 Å². The molecule has 0 spiro atoms. The van der Waals surface area contributed by atoms with Gasteiger partial charge in [-0.15, -0.1) is 0 Å². The summed E-state index contributed by atoms with van der Waals surface area (Å²) in [6, 6.07) is 18.1. The molecule has 2 aromatic rings. The highest BCUT2D eigenvalue weighted by atomic mass is 16.5. The molecule has 1 heterocycles. The molecule has 0 unspecified atom stereocenters. The summed E-state index contributed by atoms with van der Waals surface area (Å²) in [5.74, 6) is 0.806. The number of benzene rings is 2. The monoisotopic (exact) mass is 310 g/mol. The molecule has 3 rings (SSSR count). The van der Waals surface area contributed by atoms with Crippen LogP contribution in [0.5, 0.6) is 5.75 Å². The summed E-state index contributed by atoms with van der Waals surface area (Å²) in [4.78, 5) is 16.5. The zero-order valence-corrected chi connectivity index (χ0v) is 13.4. The number of piperazine rings is 1. The molecule has 0 N–H and O–H groups in total. The van der Waals surface area contributed by atoms with Gasteiger partial charge in [0.25, 0.3) is 5.91 Å². The summed E-state index contributed by atoms with van der Waals surface area (Å²) in [6.45, 7) is 5.32. The number of para-hydroxylation sites is 1. The van der Waals surface area contributed by atoms with Crippen LogP contribution in [0.25, 0.3) is 0 Å². The van der Waals surface area contributed by atoms with Crippen LogP contribution in [-0.2, 0) is 4.79 Å². The number of carbonyl (C=O) groups is 1. The molecule has 1 aliphatic heterocycles. The van der Waals surface area contributed by atoms with Crippen LogP contribution in [0, 0.1) is 6.92 Å². The Morgan fingerprint density at radius 3 is 2.43 bits per heavy atom. The third-order valence-electron chi connectivity index (χ3n) is 4.11. The first-order valence-electron chi connectivity index (χ1n) is 7.99. The Bertz CT molecular complexity index is 649. The van der Waals surface area contributed by atoms with Gasteiger partial charge in [-0.1, -0.05) is 30.3 Å². The molecule has 0 aromatic heterocycles. The van der Waals surface area contributed by atoms with Crippen molar-refractivity contribution in [2.75, 3.05) is 37.7 Å². The van der Waals surface area contributed by atoms with E-state index in [1.54, 1.807) is 0 Å². The van der Waals surface area contributed by atoms with Crippen LogP contribution in [0.3, 0.4) is 0 Å². The highest BCUT2D eigenvalue weighted by Gasteiger charge is 2.21. The summed E-state index contributed by atoms with van der Waals surface area (Å²) < 4.78 is 5.61. The van der Waals surface area contributed by atoms with Crippen LogP contribution < -0.4 is 9.64 Å². The van der Waals surface area contributed by atoms with E-state index < -0.39 is 0 Å². The fraction of sp³-hybridized carbons (Fsp3) is 0.316. The Balaban J connectivity index is 1.48. The van der Waals surface area contributed by atoms with Crippen molar-refractivity contribution in [3.05, 3.63) is 60.2 Å². The topological polar surface area (TPSA) is 32.8 Å². The van der Waals surface area contributed by atoms with E-state index in [1.165, 1.54) is 5.69 Å². The van der Waals surface area contributed by atoms with Gasteiger partial charge >= 0.3 is 0 Å². The van der Waals surface area contributed by atoms with Gasteiger partial charge in [-0.05, 0) is 36.8 Å². The van der Waals surface area contributed by atoms with Gasteiger partial charge < -0.3 is 14.5 Å². The zero-order chi connectivity index (χ0) is 16.1. The molecule has 2 aromatic carbocycles. The van der Waals surface area contributed by atoms with Crippen LogP contribution in [0.4, 0.5) is 5.69 Å². The maximum atomic E-state index is 12.3. The van der Waals surface area contributed by atoms with Crippen LogP contribution in [-0.4, -0.2) is 43.6 Å². The SMILES string of the molecule is Cc1cccc(OCC(=O)N2CCN(c3ccccc3)CC2)c1. The molecule has 0 saturated carbocycles. The number of anilines is 1. The summed E-state index contributed by atoms with van der Waals surface area (Å²) >= 11 is 0. The first kappa shape index (κ1) is 15.4. The van der Waals surface area contributed by atoms with Crippen molar-refractivity contribution in [2.45, 2.75) is 6.92 Å². The molecule has 1 saturated heterocycles. The van der Waals surface area contributed by atoms with Gasteiger partial charge in [-0.2, -0.15) is 0 Å². The molecule has 4 nitrogen and oxygen atoms in total. The maximum Gasteiger partial charge on any atom is 0.260 e. The second-order valence-electron chi connectivity index (χ2n) is 5.81. The van der Waals surface area contributed by atoms with E-state index in [0.717, 1.165) is 37.5 Å². The van der Waals surface area contributed by atoms with Crippen LogP contribution in [0.15, 0.2) is 54.6 Å². The van der Waals surface area contributed by atoms with Gasteiger partial charge in [-0.3, -0.25) is 4.79 Å². The largest absolute Gasteiger partial charge is 0.484 e. The molecule has 1 amide bonds. The van der Waals surface area contributed by atoms with Gasteiger partial charge in [0.05, 0.1) is 0 Å². The van der Waals surface area contributed by atoms with Gasteiger partial charge in [0, 0.05) is 31.9 Å². The molecule has 23 heavy (non-hydrogen) atoms. The lowest BCUT2D eigenvalue weighted by Gasteiger charge is -2.36. The Morgan fingerprint density at radius 2 is 1.74 bits per heavy atom. The van der Waals surface area contributed by atoms with Gasteiger partial charge in [0.15, 0.2) is 6.61 Å². The van der Waals surface area contributed by atoms with Crippen LogP contribution in [0.2, 0.25) is 0 Å². The molecular weight excluding hydrogens is 288 g/mol. The molecular formula is C19H22N2O2. The fourth-order valence-corrected chi connectivity index (χ4v) is 2.79. The van der Waals surface area contributed by atoms with Crippen molar-refractivity contribution in [1.29, 1.82) is 0 Å². The summed E-state index contributed by atoms with van der Waals surface area (Å²) in [7, 11) is 0. The Kier molecular flexibility index (Phi) is 4.81. The van der Waals surface area contributed by atoms with Crippen molar-refractivity contribution in [1.82, 2.24) is 4.90 Å². The summed E-state index contributed by atoms with van der Waals surface area (Å²) in [5, 5.41) is 0. The predicted molar refractivity (Wildman–Crippen MR) is 91.9 cm³/mol. The number of ether oxygens (including phenoxy) is 1. The molecule has 1 aliphatic rings. The average Bonchev–Trinajstić information content (AvgIpc) is 2.61. The van der Waals surface area contributed by atoms with Crippen LogP contribution in [0.1, 0.15) is 5.56 Å². The lowest BCUT2D eigenvalue weighted by molar-refractivity contribution is -0.133. The van der Waals surface area contributed by atoms with Crippen molar-refractivity contribution >= 4 is 11.6 Å². The van der Waals surface area contributed by atoms with E-state index in [1.807, 2.05) is 54.3 Å². The third-order valence-corrected chi connectivity index (χ3v) is 4.11. The Hall–Kier alpha value is -2.49. The summed E-state index contributed by atoms with van der Waals surface area (Å²) in [5.41, 5.74) is 2.35. The quantitative estimate of drug-likeness (QED) is 0.870. The number of rotatable bonds is 4. The van der Waals surface area contributed by atoms with E-state index in [0.29, 0.717) is 0 Å². The first-order chi connectivity index (χ1) is 11.2. The van der Waals surface area contributed by atoms with Gasteiger partial charge in [-0.25, -0.2) is 0 Å². The standard InChI is InChI=1S/C19H22N2O2/c1-16-6-5-9-18(14-16)23-15-19(22)21-12-10-20(11-13-21)17-7-3-2-4-8-17/h2-9,14H,10-13,15H2,1H3. The second kappa shape index (κ2) is 7.18. The van der Waals surface area contributed by atoms with Crippen molar-refractivity contribution in [2.24, 2.45) is 0 Å². The molecule has 0 radical (unpaired) electrons. The van der Waals surface area contributed by atoms with Crippen molar-refractivity contribution in [3.8, 4) is 5.75 Å². The third kappa shape index (κ3) is 4.03. The molecule has 120 valence electrons. The Labute approximate surface area is 137 Å². The molecule has 0 aliphatic carbocycles. The first-order valence-corrected chi connectivity index (χ1v) is 7.99. The lowest BCUT2D eigenvalue weighted by Crippen LogP contribution is -2.50. The normalized spacial score (nSPS) is 14.7. The van der Waals surface area contributed by atoms with E-state index >= 15 is 0 Å². The number of nitrogens with zero attached hydrogens (tertiary/aromatic N) is 2. The second-order valence-corrected chi connectivity index (χ2v) is 5.81. The number of aryl methyl sites for hydroxylation is 1. The smallest absolute Gasteiger partial charge is 0.260 e. The molecule has 4 heteroatoms. The van der Waals surface area contributed by atoms with Gasteiger partial charge in [0.1, 0.15) is 5.75 Å². The van der Waals surface area contributed by atoms with Crippen molar-refractivity contribution < 1.29 is 9.53 Å². The van der Waals surface area contributed by atoms with E-state index in [4.69, 9.17) is 4.74 Å². The van der Waals surface area contributed by atoms with E-state index in [-0.39, 0.29) is 12.5 Å². The molecule has 0 atom stereocenters. The number of carbonyl (C=O) groups excluding carboxylic acids is 1. The molecule has 0 bridgehead atoms. The number of amides is 1.